The highest BCUT2D eigenvalue weighted by Gasteiger charge is 2.35. The Morgan fingerprint density at radius 1 is 1.33 bits per heavy atom. The molecule has 3 rings (SSSR count). The molecule has 0 aromatic carbocycles. The largest absolute Gasteiger partial charge is 0.392 e. The zero-order valence-electron chi connectivity index (χ0n) is 11.1. The second kappa shape index (κ2) is 4.88. The monoisotopic (exact) mass is 246 g/mol. The van der Waals surface area contributed by atoms with E-state index < -0.39 is 0 Å². The van der Waals surface area contributed by atoms with Crippen LogP contribution in [-0.2, 0) is 6.61 Å². The van der Waals surface area contributed by atoms with E-state index in [1.54, 1.807) is 0 Å². The molecule has 0 radical (unpaired) electrons. The molecule has 1 N–H and O–H groups in total. The van der Waals surface area contributed by atoms with Gasteiger partial charge in [-0.25, -0.2) is 4.98 Å². The van der Waals surface area contributed by atoms with E-state index in [2.05, 4.69) is 22.9 Å². The fourth-order valence-electron chi connectivity index (χ4n) is 3.73. The lowest BCUT2D eigenvalue weighted by Gasteiger charge is -2.39. The van der Waals surface area contributed by atoms with Crippen LogP contribution < -0.4 is 4.90 Å². The second-order valence-electron chi connectivity index (χ2n) is 5.74. The van der Waals surface area contributed by atoms with Crippen LogP contribution >= 0.6 is 0 Å². The van der Waals surface area contributed by atoms with E-state index in [0.717, 1.165) is 23.8 Å². The molecule has 18 heavy (non-hydrogen) atoms. The molecule has 2 fully saturated rings. The Morgan fingerprint density at radius 2 is 2.17 bits per heavy atom. The van der Waals surface area contributed by atoms with Gasteiger partial charge in [-0.1, -0.05) is 6.42 Å². The van der Waals surface area contributed by atoms with Gasteiger partial charge in [0, 0.05) is 18.8 Å². The average Bonchev–Trinajstić information content (AvgIpc) is 2.87. The normalized spacial score (nSPS) is 27.3. The minimum atomic E-state index is 0.0835. The van der Waals surface area contributed by atoms with Gasteiger partial charge in [-0.05, 0) is 55.7 Å². The van der Waals surface area contributed by atoms with E-state index in [1.807, 2.05) is 6.20 Å². The molecule has 2 heterocycles. The lowest BCUT2D eigenvalue weighted by Crippen LogP contribution is -2.43. The van der Waals surface area contributed by atoms with Crippen molar-refractivity contribution in [3.63, 3.8) is 0 Å². The number of fused-ring (bicyclic) bond motifs is 1. The summed E-state index contributed by atoms with van der Waals surface area (Å²) in [6, 6.07) is 2.78. The summed E-state index contributed by atoms with van der Waals surface area (Å²) < 4.78 is 0. The maximum absolute atomic E-state index is 9.16. The van der Waals surface area contributed by atoms with Crippen LogP contribution in [-0.4, -0.2) is 22.7 Å². The number of aliphatic hydroxyl groups excluding tert-OH is 1. The number of anilines is 1. The lowest BCUT2D eigenvalue weighted by molar-refractivity contribution is 0.281. The Morgan fingerprint density at radius 3 is 2.94 bits per heavy atom. The summed E-state index contributed by atoms with van der Waals surface area (Å²) in [6.45, 7) is 3.34. The summed E-state index contributed by atoms with van der Waals surface area (Å²) in [7, 11) is 0. The highest BCUT2D eigenvalue weighted by Crippen LogP contribution is 2.39. The van der Waals surface area contributed by atoms with E-state index in [-0.39, 0.29) is 6.61 Å². The summed E-state index contributed by atoms with van der Waals surface area (Å²) in [5, 5.41) is 9.16. The molecule has 3 heteroatoms. The van der Waals surface area contributed by atoms with Gasteiger partial charge in [0.05, 0.1) is 6.61 Å². The summed E-state index contributed by atoms with van der Waals surface area (Å²) in [5.41, 5.74) is 2.12. The van der Waals surface area contributed by atoms with E-state index in [9.17, 15) is 0 Å². The maximum atomic E-state index is 9.16. The molecule has 2 atom stereocenters. The molecule has 1 aliphatic heterocycles. The number of hydrogen-bond acceptors (Lipinski definition) is 3. The number of aryl methyl sites for hydroxylation is 1. The van der Waals surface area contributed by atoms with Crippen LogP contribution in [0.3, 0.4) is 0 Å². The quantitative estimate of drug-likeness (QED) is 0.871. The number of nitrogens with zero attached hydrogens (tertiary/aromatic N) is 2. The van der Waals surface area contributed by atoms with Gasteiger partial charge in [-0.3, -0.25) is 0 Å². The van der Waals surface area contributed by atoms with Gasteiger partial charge in [-0.15, -0.1) is 0 Å². The summed E-state index contributed by atoms with van der Waals surface area (Å²) in [6.07, 6.45) is 8.61. The standard InChI is InChI=1S/C15H22N2O/c1-11-8-12(10-18)9-16-15(11)17-7-3-5-13-4-2-6-14(13)17/h8-9,13-14,18H,2-7,10H2,1H3. The zero-order valence-corrected chi connectivity index (χ0v) is 11.1. The van der Waals surface area contributed by atoms with Gasteiger partial charge in [0.25, 0.3) is 0 Å². The van der Waals surface area contributed by atoms with Gasteiger partial charge in [0.2, 0.25) is 0 Å². The number of pyridine rings is 1. The summed E-state index contributed by atoms with van der Waals surface area (Å²) in [5.74, 6) is 2.03. The summed E-state index contributed by atoms with van der Waals surface area (Å²) in [4.78, 5) is 7.12. The van der Waals surface area contributed by atoms with Crippen LogP contribution in [0, 0.1) is 12.8 Å². The molecule has 2 aliphatic rings. The van der Waals surface area contributed by atoms with Crippen molar-refractivity contribution in [2.45, 2.75) is 51.7 Å². The van der Waals surface area contributed by atoms with Crippen LogP contribution in [0.4, 0.5) is 5.82 Å². The van der Waals surface area contributed by atoms with Crippen LogP contribution in [0.15, 0.2) is 12.3 Å². The van der Waals surface area contributed by atoms with Gasteiger partial charge < -0.3 is 10.0 Å². The van der Waals surface area contributed by atoms with Crippen molar-refractivity contribution < 1.29 is 5.11 Å². The molecule has 1 saturated heterocycles. The van der Waals surface area contributed by atoms with Crippen LogP contribution in [0.25, 0.3) is 0 Å². The van der Waals surface area contributed by atoms with Crippen molar-refractivity contribution in [1.82, 2.24) is 4.98 Å². The van der Waals surface area contributed by atoms with Crippen LogP contribution in [0.5, 0.6) is 0 Å². The molecule has 0 spiro atoms. The average molecular weight is 246 g/mol. The number of hydrogen-bond donors (Lipinski definition) is 1. The van der Waals surface area contributed by atoms with Crippen molar-refractivity contribution in [2.75, 3.05) is 11.4 Å². The van der Waals surface area contributed by atoms with Crippen molar-refractivity contribution in [2.24, 2.45) is 5.92 Å². The Kier molecular flexibility index (Phi) is 3.25. The molecule has 98 valence electrons. The Bertz CT molecular complexity index is 433. The third kappa shape index (κ3) is 2.01. The minimum absolute atomic E-state index is 0.0835. The predicted octanol–water partition coefficient (Wildman–Crippen LogP) is 2.65. The zero-order chi connectivity index (χ0) is 12.5. The minimum Gasteiger partial charge on any atom is -0.392 e. The van der Waals surface area contributed by atoms with Crippen molar-refractivity contribution in [3.05, 3.63) is 23.4 Å². The van der Waals surface area contributed by atoms with Crippen molar-refractivity contribution in [3.8, 4) is 0 Å². The molecule has 1 aromatic heterocycles. The first-order chi connectivity index (χ1) is 8.79. The molecule has 3 nitrogen and oxygen atoms in total. The first kappa shape index (κ1) is 12.0. The van der Waals surface area contributed by atoms with Crippen molar-refractivity contribution in [1.29, 1.82) is 0 Å². The van der Waals surface area contributed by atoms with E-state index in [0.29, 0.717) is 6.04 Å². The molecular formula is C15H22N2O. The highest BCUT2D eigenvalue weighted by molar-refractivity contribution is 5.49. The third-order valence-electron chi connectivity index (χ3n) is 4.56. The fourth-order valence-corrected chi connectivity index (χ4v) is 3.73. The Hall–Kier alpha value is -1.09. The van der Waals surface area contributed by atoms with Gasteiger partial charge in [0.15, 0.2) is 0 Å². The fraction of sp³-hybridized carbons (Fsp3) is 0.667. The second-order valence-corrected chi connectivity index (χ2v) is 5.74. The molecule has 2 unspecified atom stereocenters. The number of piperidine rings is 1. The number of rotatable bonds is 2. The van der Waals surface area contributed by atoms with Crippen LogP contribution in [0.1, 0.15) is 43.2 Å². The smallest absolute Gasteiger partial charge is 0.131 e. The molecule has 1 aromatic rings. The number of aliphatic hydroxyl groups is 1. The molecule has 1 aliphatic carbocycles. The topological polar surface area (TPSA) is 36.4 Å². The SMILES string of the molecule is Cc1cc(CO)cnc1N1CCCC2CCCC21. The molecular weight excluding hydrogens is 224 g/mol. The number of aromatic nitrogens is 1. The highest BCUT2D eigenvalue weighted by atomic mass is 16.3. The molecule has 1 saturated carbocycles. The van der Waals surface area contributed by atoms with Gasteiger partial charge >= 0.3 is 0 Å². The van der Waals surface area contributed by atoms with Gasteiger partial charge in [0.1, 0.15) is 5.82 Å². The van der Waals surface area contributed by atoms with Crippen LogP contribution in [0.2, 0.25) is 0 Å². The first-order valence-electron chi connectivity index (χ1n) is 7.12. The Balaban J connectivity index is 1.89. The molecule has 0 bridgehead atoms. The predicted molar refractivity (Wildman–Crippen MR) is 72.6 cm³/mol. The maximum Gasteiger partial charge on any atom is 0.131 e. The third-order valence-corrected chi connectivity index (χ3v) is 4.56. The van der Waals surface area contributed by atoms with Crippen molar-refractivity contribution >= 4 is 5.82 Å². The lowest BCUT2D eigenvalue weighted by atomic mass is 9.91. The van der Waals surface area contributed by atoms with E-state index in [1.165, 1.54) is 37.7 Å². The summed E-state index contributed by atoms with van der Waals surface area (Å²) >= 11 is 0. The van der Waals surface area contributed by atoms with Gasteiger partial charge in [-0.2, -0.15) is 0 Å². The van der Waals surface area contributed by atoms with E-state index in [4.69, 9.17) is 5.11 Å². The first-order valence-corrected chi connectivity index (χ1v) is 7.12. The molecule has 0 amide bonds. The van der Waals surface area contributed by atoms with E-state index >= 15 is 0 Å². The Labute approximate surface area is 109 Å².